The van der Waals surface area contributed by atoms with Crippen LogP contribution in [0, 0.1) is 4.91 Å². The van der Waals surface area contributed by atoms with Crippen LogP contribution in [0.5, 0.6) is 0 Å². The molecule has 0 heterocycles. The number of nitrogens with zero attached hydrogens (tertiary/aromatic N) is 2. The van der Waals surface area contributed by atoms with Crippen LogP contribution in [0.4, 0.5) is 0 Å². The molecule has 0 spiro atoms. The molecule has 0 unspecified atom stereocenters. The van der Waals surface area contributed by atoms with Crippen molar-refractivity contribution in [1.29, 1.82) is 0 Å². The molecule has 3 nitrogen and oxygen atoms in total. The summed E-state index contributed by atoms with van der Waals surface area (Å²) in [5, 5.41) is 2.32. The molecule has 5 heteroatoms. The van der Waals surface area contributed by atoms with Gasteiger partial charge in [-0.2, -0.15) is 0 Å². The van der Waals surface area contributed by atoms with E-state index in [2.05, 4.69) is 17.4 Å². The maximum Gasteiger partial charge on any atom is 0.253 e. The highest BCUT2D eigenvalue weighted by Gasteiger charge is 2.00. The molecule has 0 aromatic rings. The summed E-state index contributed by atoms with van der Waals surface area (Å²) in [6.45, 7) is 2.26. The third kappa shape index (κ3) is 2.18. The van der Waals surface area contributed by atoms with Gasteiger partial charge in [-0.15, -0.1) is 4.91 Å². The molecule has 0 atom stereocenters. The number of rotatable bonds is 1. The van der Waals surface area contributed by atoms with Gasteiger partial charge in [-0.1, -0.05) is 0 Å². The van der Waals surface area contributed by atoms with E-state index in [-0.39, 0.29) is 5.11 Å². The maximum absolute atomic E-state index is 9.59. The van der Waals surface area contributed by atoms with Crippen LogP contribution in [-0.4, -0.2) is 16.1 Å². The van der Waals surface area contributed by atoms with Gasteiger partial charge in [0.05, 0.1) is 0 Å². The Morgan fingerprint density at radius 3 is 2.62 bits per heavy atom. The van der Waals surface area contributed by atoms with E-state index in [1.54, 1.807) is 6.92 Å². The molecule has 0 radical (unpaired) electrons. The zero-order valence-corrected chi connectivity index (χ0v) is 5.87. The van der Waals surface area contributed by atoms with Crippen LogP contribution in [0.25, 0.3) is 0 Å². The van der Waals surface area contributed by atoms with E-state index in [1.165, 1.54) is 0 Å². The van der Waals surface area contributed by atoms with E-state index in [4.69, 9.17) is 11.8 Å². The van der Waals surface area contributed by atoms with Gasteiger partial charge in [-0.05, 0) is 19.1 Å². The highest BCUT2D eigenvalue weighted by molar-refractivity contribution is 7.80. The SMILES string of the molecule is CCN(Cl)C(=S)N=O. The second-order valence-corrected chi connectivity index (χ2v) is 1.83. The molecule has 0 N–H and O–H groups in total. The van der Waals surface area contributed by atoms with Crippen LogP contribution in [0.1, 0.15) is 6.92 Å². The van der Waals surface area contributed by atoms with Gasteiger partial charge in [0, 0.05) is 23.5 Å². The first-order chi connectivity index (χ1) is 3.72. The molecule has 0 fully saturated rings. The Morgan fingerprint density at radius 2 is 2.50 bits per heavy atom. The summed E-state index contributed by atoms with van der Waals surface area (Å²) < 4.78 is 1.07. The Labute approximate surface area is 57.7 Å². The maximum atomic E-state index is 9.59. The molecule has 0 aliphatic heterocycles. The fourth-order valence-electron chi connectivity index (χ4n) is 0.180. The van der Waals surface area contributed by atoms with E-state index in [0.29, 0.717) is 6.54 Å². The molecule has 0 saturated carbocycles. The lowest BCUT2D eigenvalue weighted by Gasteiger charge is -2.05. The summed E-state index contributed by atoms with van der Waals surface area (Å²) >= 11 is 9.71. The smallest absolute Gasteiger partial charge is 0.253 e. The Bertz CT molecular complexity index is 107. The van der Waals surface area contributed by atoms with Gasteiger partial charge in [-0.25, -0.2) is 0 Å². The first-order valence-corrected chi connectivity index (χ1v) is 2.77. The van der Waals surface area contributed by atoms with E-state index < -0.39 is 0 Å². The largest absolute Gasteiger partial charge is 0.257 e. The first-order valence-electron chi connectivity index (χ1n) is 2.03. The zero-order valence-electron chi connectivity index (χ0n) is 4.30. The number of nitroso groups, excluding NO2 is 1. The van der Waals surface area contributed by atoms with E-state index in [9.17, 15) is 4.91 Å². The summed E-state index contributed by atoms with van der Waals surface area (Å²) in [4.78, 5) is 9.59. The van der Waals surface area contributed by atoms with Crippen LogP contribution >= 0.6 is 24.0 Å². The van der Waals surface area contributed by atoms with Gasteiger partial charge in [0.25, 0.3) is 5.11 Å². The van der Waals surface area contributed by atoms with Crippen LogP contribution in [-0.2, 0) is 0 Å². The van der Waals surface area contributed by atoms with Gasteiger partial charge in [0.1, 0.15) is 0 Å². The summed E-state index contributed by atoms with van der Waals surface area (Å²) in [7, 11) is 0. The molecular formula is C3H5ClN2OS. The highest BCUT2D eigenvalue weighted by atomic mass is 35.5. The van der Waals surface area contributed by atoms with Gasteiger partial charge in [-0.3, -0.25) is 4.42 Å². The molecule has 0 aliphatic carbocycles. The number of hydrogen-bond acceptors (Lipinski definition) is 2. The molecule has 46 valence electrons. The van der Waals surface area contributed by atoms with E-state index >= 15 is 0 Å². The molecule has 0 aromatic carbocycles. The molecule has 0 bridgehead atoms. The second kappa shape index (κ2) is 3.74. The van der Waals surface area contributed by atoms with Crippen LogP contribution in [0.2, 0.25) is 0 Å². The Balaban J connectivity index is 3.62. The Morgan fingerprint density at radius 1 is 2.00 bits per heavy atom. The predicted octanol–water partition coefficient (Wildman–Crippen LogP) is 1.51. The molecule has 8 heavy (non-hydrogen) atoms. The van der Waals surface area contributed by atoms with E-state index in [0.717, 1.165) is 4.42 Å². The molecule has 0 aromatic heterocycles. The molecule has 0 aliphatic rings. The van der Waals surface area contributed by atoms with Gasteiger partial charge >= 0.3 is 0 Å². The number of halogens is 1. The average Bonchev–Trinajstić information content (AvgIpc) is 1.84. The van der Waals surface area contributed by atoms with Crippen molar-refractivity contribution in [3.05, 3.63) is 4.91 Å². The minimum Gasteiger partial charge on any atom is -0.257 e. The minimum absolute atomic E-state index is 0.117. The first kappa shape index (κ1) is 7.78. The minimum atomic E-state index is -0.117. The quantitative estimate of drug-likeness (QED) is 0.325. The van der Waals surface area contributed by atoms with Crippen molar-refractivity contribution in [2.45, 2.75) is 6.92 Å². The molecule has 0 amide bonds. The Kier molecular flexibility index (Phi) is 3.64. The highest BCUT2D eigenvalue weighted by Crippen LogP contribution is 1.95. The standard InChI is InChI=1S/C3H5ClN2OS/c1-2-6(4)3(8)5-7/h2H2,1H3. The average molecular weight is 153 g/mol. The van der Waals surface area contributed by atoms with Crippen molar-refractivity contribution in [3.8, 4) is 0 Å². The Hall–Kier alpha value is -0.220. The lowest BCUT2D eigenvalue weighted by atomic mass is 10.7. The zero-order chi connectivity index (χ0) is 6.57. The third-order valence-electron chi connectivity index (χ3n) is 0.563. The van der Waals surface area contributed by atoms with Crippen LogP contribution in [0.15, 0.2) is 5.18 Å². The van der Waals surface area contributed by atoms with Crippen molar-refractivity contribution >= 4 is 29.1 Å². The molecular weight excluding hydrogens is 148 g/mol. The van der Waals surface area contributed by atoms with Crippen molar-refractivity contribution in [2.75, 3.05) is 6.54 Å². The fourth-order valence-corrected chi connectivity index (χ4v) is 0.340. The fraction of sp³-hybridized carbons (Fsp3) is 0.667. The predicted molar refractivity (Wildman–Crippen MR) is 36.6 cm³/mol. The molecule has 0 saturated heterocycles. The number of thiocarbonyl (C=S) groups is 1. The molecule has 0 rings (SSSR count). The monoisotopic (exact) mass is 152 g/mol. The van der Waals surface area contributed by atoms with Gasteiger partial charge in [0.2, 0.25) is 0 Å². The van der Waals surface area contributed by atoms with Gasteiger partial charge < -0.3 is 0 Å². The summed E-state index contributed by atoms with van der Waals surface area (Å²) in [5.41, 5.74) is 0. The van der Waals surface area contributed by atoms with Crippen LogP contribution in [0.3, 0.4) is 0 Å². The van der Waals surface area contributed by atoms with Crippen molar-refractivity contribution < 1.29 is 0 Å². The van der Waals surface area contributed by atoms with Crippen molar-refractivity contribution in [1.82, 2.24) is 4.42 Å². The normalized spacial score (nSPS) is 8.25. The summed E-state index contributed by atoms with van der Waals surface area (Å²) in [6.07, 6.45) is 0. The summed E-state index contributed by atoms with van der Waals surface area (Å²) in [6, 6.07) is 0. The second-order valence-electron chi connectivity index (χ2n) is 1.05. The van der Waals surface area contributed by atoms with Crippen molar-refractivity contribution in [2.24, 2.45) is 5.18 Å². The van der Waals surface area contributed by atoms with Crippen molar-refractivity contribution in [3.63, 3.8) is 0 Å². The third-order valence-corrected chi connectivity index (χ3v) is 1.36. The van der Waals surface area contributed by atoms with E-state index in [1.807, 2.05) is 0 Å². The number of hydrogen-bond donors (Lipinski definition) is 0. The van der Waals surface area contributed by atoms with Crippen LogP contribution < -0.4 is 0 Å². The topological polar surface area (TPSA) is 32.7 Å². The lowest BCUT2D eigenvalue weighted by molar-refractivity contribution is 0.700. The summed E-state index contributed by atoms with van der Waals surface area (Å²) in [5.74, 6) is 0. The lowest BCUT2D eigenvalue weighted by Crippen LogP contribution is -2.15. The van der Waals surface area contributed by atoms with Gasteiger partial charge in [0.15, 0.2) is 0 Å².